The van der Waals surface area contributed by atoms with Gasteiger partial charge in [0, 0.05) is 32.7 Å². The summed E-state index contributed by atoms with van der Waals surface area (Å²) >= 11 is 7.18. The zero-order valence-corrected chi connectivity index (χ0v) is 19.3. The van der Waals surface area contributed by atoms with Crippen LogP contribution in [0.2, 0.25) is 5.02 Å². The average Bonchev–Trinajstić information content (AvgIpc) is 3.08. The fraction of sp³-hybridized carbons (Fsp3) is 0.333. The molecule has 1 amide bonds. The largest absolute Gasteiger partial charge is 0.336 e. The topological polar surface area (TPSA) is 79.7 Å². The molecule has 2 heterocycles. The number of benzene rings is 2. The summed E-state index contributed by atoms with van der Waals surface area (Å²) in [5.74, 6) is -0.203. The smallest absolute Gasteiger partial charge is 0.308 e. The molecule has 0 unspecified atom stereocenters. The number of aromatic nitrogens is 1. The fourth-order valence-electron chi connectivity index (χ4n) is 3.73. The van der Waals surface area contributed by atoms with E-state index in [1.807, 2.05) is 6.92 Å². The Labute approximate surface area is 189 Å². The van der Waals surface area contributed by atoms with E-state index in [0.717, 1.165) is 23.3 Å². The minimum Gasteiger partial charge on any atom is -0.336 e. The minimum atomic E-state index is -3.73. The Bertz CT molecular complexity index is 1290. The van der Waals surface area contributed by atoms with Gasteiger partial charge in [0.1, 0.15) is 0 Å². The van der Waals surface area contributed by atoms with E-state index in [4.69, 9.17) is 11.6 Å². The molecule has 10 heteroatoms. The van der Waals surface area contributed by atoms with E-state index in [1.165, 1.54) is 4.31 Å². The second-order valence-corrected chi connectivity index (χ2v) is 10.7. The number of piperazine rings is 1. The van der Waals surface area contributed by atoms with Gasteiger partial charge in [-0.2, -0.15) is 4.31 Å². The highest BCUT2D eigenvalue weighted by molar-refractivity contribution is 7.89. The van der Waals surface area contributed by atoms with Crippen LogP contribution in [-0.4, -0.2) is 54.3 Å². The van der Waals surface area contributed by atoms with Crippen LogP contribution in [0.25, 0.3) is 10.2 Å². The fourth-order valence-corrected chi connectivity index (χ4v) is 6.42. The maximum absolute atomic E-state index is 13.2. The lowest BCUT2D eigenvalue weighted by Gasteiger charge is -2.34. The van der Waals surface area contributed by atoms with Crippen LogP contribution in [-0.2, 0) is 16.6 Å². The van der Waals surface area contributed by atoms with Gasteiger partial charge in [0.05, 0.1) is 25.7 Å². The number of halogens is 1. The summed E-state index contributed by atoms with van der Waals surface area (Å²) in [5.41, 5.74) is 1.17. The van der Waals surface area contributed by atoms with Gasteiger partial charge in [-0.05, 0) is 36.8 Å². The Morgan fingerprint density at radius 1 is 1.10 bits per heavy atom. The zero-order valence-electron chi connectivity index (χ0n) is 17.0. The molecule has 1 aliphatic heterocycles. The van der Waals surface area contributed by atoms with Crippen molar-refractivity contribution in [3.8, 4) is 0 Å². The van der Waals surface area contributed by atoms with Crippen molar-refractivity contribution in [3.63, 3.8) is 0 Å². The third-order valence-electron chi connectivity index (χ3n) is 5.35. The predicted octanol–water partition coefficient (Wildman–Crippen LogP) is 3.27. The number of sulfonamides is 1. The molecule has 7 nitrogen and oxygen atoms in total. The van der Waals surface area contributed by atoms with E-state index < -0.39 is 10.0 Å². The summed E-state index contributed by atoms with van der Waals surface area (Å²) < 4.78 is 30.1. The summed E-state index contributed by atoms with van der Waals surface area (Å²) in [7, 11) is -3.73. The molecule has 0 aliphatic carbocycles. The van der Waals surface area contributed by atoms with E-state index in [2.05, 4.69) is 0 Å². The van der Waals surface area contributed by atoms with Crippen molar-refractivity contribution >= 4 is 49.1 Å². The van der Waals surface area contributed by atoms with Crippen LogP contribution < -0.4 is 4.87 Å². The first kappa shape index (κ1) is 22.0. The number of hydrogen-bond donors (Lipinski definition) is 0. The van der Waals surface area contributed by atoms with Crippen LogP contribution in [0.1, 0.15) is 23.7 Å². The number of amides is 1. The van der Waals surface area contributed by atoms with Gasteiger partial charge in [0.25, 0.3) is 5.91 Å². The molecule has 0 N–H and O–H groups in total. The highest BCUT2D eigenvalue weighted by Crippen LogP contribution is 2.25. The molecule has 1 aromatic heterocycles. The number of nitrogens with zero attached hydrogens (tertiary/aromatic N) is 3. The molecular weight excluding hydrogens is 458 g/mol. The van der Waals surface area contributed by atoms with E-state index in [-0.39, 0.29) is 41.9 Å². The van der Waals surface area contributed by atoms with Crippen LogP contribution in [0.5, 0.6) is 0 Å². The molecular formula is C21H22ClN3O4S2. The maximum atomic E-state index is 13.2. The molecule has 3 aromatic rings. The Kier molecular flexibility index (Phi) is 6.20. The maximum Gasteiger partial charge on any atom is 0.308 e. The molecule has 31 heavy (non-hydrogen) atoms. The summed E-state index contributed by atoms with van der Waals surface area (Å²) in [6.07, 6.45) is 0.822. The second-order valence-electron chi connectivity index (χ2n) is 7.33. The quantitative estimate of drug-likeness (QED) is 0.562. The number of aryl methyl sites for hydroxylation is 1. The average molecular weight is 480 g/mol. The van der Waals surface area contributed by atoms with Crippen molar-refractivity contribution in [3.05, 3.63) is 62.7 Å². The minimum absolute atomic E-state index is 0.0851. The third kappa shape index (κ3) is 4.15. The normalized spacial score (nSPS) is 15.5. The monoisotopic (exact) mass is 479 g/mol. The first-order valence-electron chi connectivity index (χ1n) is 10.00. The lowest BCUT2D eigenvalue weighted by atomic mass is 10.2. The molecule has 164 valence electrons. The van der Waals surface area contributed by atoms with Gasteiger partial charge in [-0.25, -0.2) is 8.42 Å². The van der Waals surface area contributed by atoms with Gasteiger partial charge in [0.15, 0.2) is 0 Å². The molecule has 1 fully saturated rings. The van der Waals surface area contributed by atoms with Crippen LogP contribution in [0.15, 0.2) is 52.2 Å². The highest BCUT2D eigenvalue weighted by Gasteiger charge is 2.31. The molecule has 2 aromatic carbocycles. The molecule has 4 rings (SSSR count). The molecule has 0 saturated carbocycles. The van der Waals surface area contributed by atoms with Gasteiger partial charge >= 0.3 is 4.87 Å². The van der Waals surface area contributed by atoms with Gasteiger partial charge < -0.3 is 4.90 Å². The van der Waals surface area contributed by atoms with Crippen LogP contribution in [0.3, 0.4) is 0 Å². The summed E-state index contributed by atoms with van der Waals surface area (Å²) in [5, 5.41) is 0.379. The second kappa shape index (κ2) is 8.74. The van der Waals surface area contributed by atoms with Crippen molar-refractivity contribution in [2.75, 3.05) is 26.2 Å². The van der Waals surface area contributed by atoms with E-state index >= 15 is 0 Å². The Hall–Kier alpha value is -2.20. The standard InChI is InChI=1S/C21H22ClN3O4S2/c1-2-9-25-18-8-7-15(14-19(18)30-21(25)27)31(28,29)24-12-10-23(11-13-24)20(26)16-5-3-4-6-17(16)22/h3-8,14H,2,9-13H2,1H3. The van der Waals surface area contributed by atoms with E-state index in [0.29, 0.717) is 21.8 Å². The lowest BCUT2D eigenvalue weighted by Crippen LogP contribution is -2.50. The number of thiazole rings is 1. The van der Waals surface area contributed by atoms with Gasteiger partial charge in [-0.3, -0.25) is 14.2 Å². The SMILES string of the molecule is CCCn1c(=O)sc2cc(S(=O)(=O)N3CCN(C(=O)c4ccccc4Cl)CC3)ccc21. The van der Waals surface area contributed by atoms with Crippen molar-refractivity contribution in [2.24, 2.45) is 0 Å². The summed E-state index contributed by atoms with van der Waals surface area (Å²) in [4.78, 5) is 26.6. The number of carbonyl (C=O) groups excluding carboxylic acids is 1. The van der Waals surface area contributed by atoms with Crippen molar-refractivity contribution in [1.29, 1.82) is 0 Å². The third-order valence-corrected chi connectivity index (χ3v) is 8.52. The first-order valence-corrected chi connectivity index (χ1v) is 12.6. The Morgan fingerprint density at radius 3 is 2.48 bits per heavy atom. The molecule has 1 aliphatic rings. The number of fused-ring (bicyclic) bond motifs is 1. The zero-order chi connectivity index (χ0) is 22.2. The van der Waals surface area contributed by atoms with E-state index in [1.54, 1.807) is 51.9 Å². The summed E-state index contributed by atoms with van der Waals surface area (Å²) in [6, 6.07) is 11.7. The van der Waals surface area contributed by atoms with Gasteiger partial charge in [0.2, 0.25) is 10.0 Å². The predicted molar refractivity (Wildman–Crippen MR) is 122 cm³/mol. The van der Waals surface area contributed by atoms with Crippen molar-refractivity contribution < 1.29 is 13.2 Å². The first-order chi connectivity index (χ1) is 14.8. The molecule has 0 spiro atoms. The van der Waals surface area contributed by atoms with Crippen LogP contribution >= 0.6 is 22.9 Å². The number of rotatable bonds is 5. The van der Waals surface area contributed by atoms with Crippen molar-refractivity contribution in [1.82, 2.24) is 13.8 Å². The number of carbonyl (C=O) groups is 1. The lowest BCUT2D eigenvalue weighted by molar-refractivity contribution is 0.0698. The molecule has 1 saturated heterocycles. The van der Waals surface area contributed by atoms with Crippen LogP contribution in [0.4, 0.5) is 0 Å². The van der Waals surface area contributed by atoms with Gasteiger partial charge in [-0.1, -0.05) is 42.0 Å². The van der Waals surface area contributed by atoms with Gasteiger partial charge in [-0.15, -0.1) is 0 Å². The molecule has 0 bridgehead atoms. The van der Waals surface area contributed by atoms with Crippen molar-refractivity contribution in [2.45, 2.75) is 24.8 Å². The Morgan fingerprint density at radius 2 is 1.81 bits per heavy atom. The van der Waals surface area contributed by atoms with E-state index in [9.17, 15) is 18.0 Å². The van der Waals surface area contributed by atoms with Crippen LogP contribution in [0, 0.1) is 0 Å². The molecule has 0 atom stereocenters. The Balaban J connectivity index is 1.52. The molecule has 0 radical (unpaired) electrons. The number of hydrogen-bond acceptors (Lipinski definition) is 5. The summed E-state index contributed by atoms with van der Waals surface area (Å²) in [6.45, 7) is 3.56. The highest BCUT2D eigenvalue weighted by atomic mass is 35.5.